The number of nitrogens with zero attached hydrogens (tertiary/aromatic N) is 1. The van der Waals surface area contributed by atoms with Gasteiger partial charge >= 0.3 is 0 Å². The fourth-order valence-corrected chi connectivity index (χ4v) is 7.51. The number of aryl methyl sites for hydroxylation is 1. The van der Waals surface area contributed by atoms with Crippen molar-refractivity contribution in [3.8, 4) is 11.3 Å². The highest BCUT2D eigenvalue weighted by Gasteiger charge is 2.26. The number of hydrogen-bond acceptors (Lipinski definition) is 4. The van der Waals surface area contributed by atoms with Crippen molar-refractivity contribution in [2.75, 3.05) is 4.90 Å². The van der Waals surface area contributed by atoms with Gasteiger partial charge in [-0.3, -0.25) is 0 Å². The Morgan fingerprint density at radius 1 is 0.535 bits per heavy atom. The van der Waals surface area contributed by atoms with Gasteiger partial charge in [0.2, 0.25) is 0 Å². The molecule has 0 bridgehead atoms. The van der Waals surface area contributed by atoms with Crippen LogP contribution < -0.4 is 4.90 Å². The summed E-state index contributed by atoms with van der Waals surface area (Å²) in [5, 5.41) is 5.66. The average Bonchev–Trinajstić information content (AvgIpc) is 3.73. The van der Waals surface area contributed by atoms with E-state index in [1.54, 1.807) is 0 Å². The van der Waals surface area contributed by atoms with Crippen molar-refractivity contribution in [1.82, 2.24) is 0 Å². The van der Waals surface area contributed by atoms with E-state index in [1.165, 1.54) is 20.2 Å². The van der Waals surface area contributed by atoms with Crippen LogP contribution >= 0.6 is 11.3 Å². The maximum absolute atomic E-state index is 6.73. The van der Waals surface area contributed by atoms with Crippen molar-refractivity contribution in [3.05, 3.63) is 139 Å². The second kappa shape index (κ2) is 9.35. The molecule has 0 atom stereocenters. The van der Waals surface area contributed by atoms with Crippen LogP contribution in [0.4, 0.5) is 17.1 Å². The molecule has 0 fully saturated rings. The van der Waals surface area contributed by atoms with E-state index in [9.17, 15) is 0 Å². The standard InChI is InChI=1S/C39H25NO2S/c1-24-30-23-32(39-36(29-17-8-10-18-33(29)41-39)38(30)42-37(24)25-12-4-2-5-13-25)40(26-14-6-3-7-15-26)27-20-21-35-31(22-27)28-16-9-11-19-34(28)43-35/h2-23H,1H3. The Morgan fingerprint density at radius 2 is 1.23 bits per heavy atom. The predicted octanol–water partition coefficient (Wildman–Crippen LogP) is 12.1. The summed E-state index contributed by atoms with van der Waals surface area (Å²) in [6, 6.07) is 46.8. The number of anilines is 3. The first-order chi connectivity index (χ1) is 21.2. The van der Waals surface area contributed by atoms with E-state index in [0.717, 1.165) is 66.9 Å². The Balaban J connectivity index is 1.40. The van der Waals surface area contributed by atoms with Crippen LogP contribution in [-0.4, -0.2) is 0 Å². The first kappa shape index (κ1) is 24.3. The van der Waals surface area contributed by atoms with Gasteiger partial charge in [0, 0.05) is 53.4 Å². The first-order valence-electron chi connectivity index (χ1n) is 14.4. The minimum Gasteiger partial charge on any atom is -0.455 e. The predicted molar refractivity (Wildman–Crippen MR) is 181 cm³/mol. The van der Waals surface area contributed by atoms with Crippen molar-refractivity contribution in [1.29, 1.82) is 0 Å². The summed E-state index contributed by atoms with van der Waals surface area (Å²) in [4.78, 5) is 2.32. The van der Waals surface area contributed by atoms with E-state index in [2.05, 4.69) is 127 Å². The fourth-order valence-electron chi connectivity index (χ4n) is 6.43. The molecule has 0 aliphatic rings. The van der Waals surface area contributed by atoms with E-state index in [0.29, 0.717) is 0 Å². The quantitative estimate of drug-likeness (QED) is 0.210. The molecule has 0 unspecified atom stereocenters. The summed E-state index contributed by atoms with van der Waals surface area (Å²) in [6.07, 6.45) is 0. The summed E-state index contributed by atoms with van der Waals surface area (Å²) >= 11 is 1.83. The lowest BCUT2D eigenvalue weighted by Crippen LogP contribution is -2.10. The third kappa shape index (κ3) is 3.67. The third-order valence-electron chi connectivity index (χ3n) is 8.44. The molecular weight excluding hydrogens is 547 g/mol. The zero-order chi connectivity index (χ0) is 28.5. The van der Waals surface area contributed by atoms with Crippen molar-refractivity contribution >= 4 is 81.5 Å². The van der Waals surface area contributed by atoms with Crippen LogP contribution in [0.5, 0.6) is 0 Å². The normalized spacial score (nSPS) is 11.8. The number of para-hydroxylation sites is 2. The summed E-state index contributed by atoms with van der Waals surface area (Å²) in [5.41, 5.74) is 7.80. The van der Waals surface area contributed by atoms with Crippen LogP contribution in [0.25, 0.3) is 64.4 Å². The maximum Gasteiger partial charge on any atom is 0.163 e. The molecule has 9 rings (SSSR count). The fraction of sp³-hybridized carbons (Fsp3) is 0.0256. The minimum absolute atomic E-state index is 0.807. The van der Waals surface area contributed by atoms with E-state index in [-0.39, 0.29) is 0 Å². The molecule has 0 radical (unpaired) electrons. The largest absolute Gasteiger partial charge is 0.455 e. The van der Waals surface area contributed by atoms with Crippen LogP contribution in [-0.2, 0) is 0 Å². The molecule has 4 heteroatoms. The van der Waals surface area contributed by atoms with Crippen molar-refractivity contribution in [3.63, 3.8) is 0 Å². The zero-order valence-electron chi connectivity index (χ0n) is 23.4. The SMILES string of the molecule is Cc1c(-c2ccccc2)oc2c1cc(N(c1ccccc1)c1ccc3sc4ccccc4c3c1)c1oc3ccccc3c12. The van der Waals surface area contributed by atoms with E-state index in [1.807, 2.05) is 29.5 Å². The van der Waals surface area contributed by atoms with Crippen LogP contribution in [0.1, 0.15) is 5.56 Å². The van der Waals surface area contributed by atoms with Gasteiger partial charge < -0.3 is 13.7 Å². The van der Waals surface area contributed by atoms with Gasteiger partial charge in [-0.15, -0.1) is 11.3 Å². The molecular formula is C39H25NO2S. The van der Waals surface area contributed by atoms with Gasteiger partial charge in [-0.2, -0.15) is 0 Å². The Bertz CT molecular complexity index is 2470. The van der Waals surface area contributed by atoms with Gasteiger partial charge in [0.15, 0.2) is 5.58 Å². The van der Waals surface area contributed by atoms with Gasteiger partial charge in [-0.1, -0.05) is 84.9 Å². The van der Waals surface area contributed by atoms with E-state index >= 15 is 0 Å². The summed E-state index contributed by atoms with van der Waals surface area (Å²) in [5.74, 6) is 0.886. The monoisotopic (exact) mass is 571 g/mol. The molecule has 3 aromatic heterocycles. The van der Waals surface area contributed by atoms with Crippen molar-refractivity contribution in [2.24, 2.45) is 0 Å². The van der Waals surface area contributed by atoms with Crippen LogP contribution in [0.3, 0.4) is 0 Å². The Labute approximate surface area is 251 Å². The number of benzene rings is 6. The Hall–Kier alpha value is -5.32. The molecule has 0 aliphatic heterocycles. The lowest BCUT2D eigenvalue weighted by molar-refractivity contribution is 0.631. The van der Waals surface area contributed by atoms with Crippen LogP contribution in [0, 0.1) is 6.92 Å². The second-order valence-electron chi connectivity index (χ2n) is 10.9. The van der Waals surface area contributed by atoms with E-state index < -0.39 is 0 Å². The topological polar surface area (TPSA) is 29.5 Å². The van der Waals surface area contributed by atoms with Crippen LogP contribution in [0.15, 0.2) is 142 Å². The highest BCUT2D eigenvalue weighted by molar-refractivity contribution is 7.25. The molecule has 0 amide bonds. The molecule has 0 spiro atoms. The summed E-state index contributed by atoms with van der Waals surface area (Å²) < 4.78 is 16.0. The minimum atomic E-state index is 0.807. The summed E-state index contributed by atoms with van der Waals surface area (Å²) in [7, 11) is 0. The highest BCUT2D eigenvalue weighted by atomic mass is 32.1. The third-order valence-corrected chi connectivity index (χ3v) is 9.59. The lowest BCUT2D eigenvalue weighted by atomic mass is 10.0. The molecule has 0 N–H and O–H groups in total. The number of thiophene rings is 1. The van der Waals surface area contributed by atoms with Gasteiger partial charge in [0.05, 0.1) is 11.1 Å². The first-order valence-corrected chi connectivity index (χ1v) is 15.3. The zero-order valence-corrected chi connectivity index (χ0v) is 24.2. The Morgan fingerprint density at radius 3 is 2.07 bits per heavy atom. The molecule has 43 heavy (non-hydrogen) atoms. The molecule has 0 saturated carbocycles. The van der Waals surface area contributed by atoms with E-state index in [4.69, 9.17) is 8.83 Å². The molecule has 6 aromatic carbocycles. The molecule has 9 aromatic rings. The average molecular weight is 572 g/mol. The molecule has 0 aliphatic carbocycles. The number of rotatable bonds is 4. The van der Waals surface area contributed by atoms with Gasteiger partial charge in [-0.25, -0.2) is 0 Å². The van der Waals surface area contributed by atoms with Crippen molar-refractivity contribution < 1.29 is 8.83 Å². The highest BCUT2D eigenvalue weighted by Crippen LogP contribution is 2.49. The molecule has 3 nitrogen and oxygen atoms in total. The summed E-state index contributed by atoms with van der Waals surface area (Å²) in [6.45, 7) is 2.16. The van der Waals surface area contributed by atoms with Crippen molar-refractivity contribution in [2.45, 2.75) is 6.92 Å². The maximum atomic E-state index is 6.73. The lowest BCUT2D eigenvalue weighted by Gasteiger charge is -2.26. The molecule has 0 saturated heterocycles. The van der Waals surface area contributed by atoms with Crippen LogP contribution in [0.2, 0.25) is 0 Å². The van der Waals surface area contributed by atoms with Gasteiger partial charge in [-0.05, 0) is 55.5 Å². The number of furan rings is 2. The molecule has 3 heterocycles. The van der Waals surface area contributed by atoms with Gasteiger partial charge in [0.25, 0.3) is 0 Å². The second-order valence-corrected chi connectivity index (χ2v) is 12.0. The molecule has 204 valence electrons. The number of fused-ring (bicyclic) bond motifs is 8. The smallest absolute Gasteiger partial charge is 0.163 e. The number of hydrogen-bond donors (Lipinski definition) is 0. The Kier molecular flexibility index (Phi) is 5.28. The van der Waals surface area contributed by atoms with Gasteiger partial charge in [0.1, 0.15) is 16.9 Å².